The molecule has 1 atom stereocenters. The van der Waals surface area contributed by atoms with Crippen LogP contribution in [0.2, 0.25) is 0 Å². The summed E-state index contributed by atoms with van der Waals surface area (Å²) in [6, 6.07) is 14.9. The Balaban J connectivity index is 2.35. The molecule has 1 heterocycles. The van der Waals surface area contributed by atoms with E-state index in [2.05, 4.69) is 5.32 Å². The molecule has 2 aromatic rings. The van der Waals surface area contributed by atoms with Gasteiger partial charge in [0.1, 0.15) is 23.0 Å². The molecule has 0 amide bonds. The van der Waals surface area contributed by atoms with E-state index in [4.69, 9.17) is 19.9 Å². The summed E-state index contributed by atoms with van der Waals surface area (Å²) in [6.45, 7) is 0.890. The summed E-state index contributed by atoms with van der Waals surface area (Å²) in [5, 5.41) is 13.2. The third kappa shape index (κ3) is 5.01. The van der Waals surface area contributed by atoms with Gasteiger partial charge in [-0.25, -0.2) is 14.0 Å². The highest BCUT2D eigenvalue weighted by molar-refractivity contribution is 6.07. The van der Waals surface area contributed by atoms with Crippen molar-refractivity contribution in [2.45, 2.75) is 12.3 Å². The summed E-state index contributed by atoms with van der Waals surface area (Å²) in [4.78, 5) is 27.3. The molecule has 3 N–H and O–H groups in total. The van der Waals surface area contributed by atoms with Gasteiger partial charge in [0.05, 0.1) is 43.0 Å². The van der Waals surface area contributed by atoms with E-state index in [-0.39, 0.29) is 34.0 Å². The van der Waals surface area contributed by atoms with E-state index in [0.29, 0.717) is 25.1 Å². The van der Waals surface area contributed by atoms with E-state index in [1.54, 1.807) is 43.5 Å². The number of nitrogens with one attached hydrogen (secondary N) is 1. The largest absolute Gasteiger partial charge is 0.466 e. The molecule has 0 saturated carbocycles. The van der Waals surface area contributed by atoms with Gasteiger partial charge in [0, 0.05) is 20.3 Å². The first kappa shape index (κ1) is 26.2. The van der Waals surface area contributed by atoms with Crippen molar-refractivity contribution in [3.05, 3.63) is 82.6 Å². The summed E-state index contributed by atoms with van der Waals surface area (Å²) in [5.41, 5.74) is 6.53. The molecular formula is C26H27FN4O5. The van der Waals surface area contributed by atoms with Crippen LogP contribution in [-0.2, 0) is 23.8 Å². The van der Waals surface area contributed by atoms with Gasteiger partial charge in [0.25, 0.3) is 0 Å². The highest BCUT2D eigenvalue weighted by Crippen LogP contribution is 2.45. The Kier molecular flexibility index (Phi) is 8.65. The van der Waals surface area contributed by atoms with Gasteiger partial charge in [-0.3, -0.25) is 4.90 Å². The average Bonchev–Trinajstić information content (AvgIpc) is 2.90. The number of nitriles is 1. The topological polar surface area (TPSA) is 127 Å². The molecule has 0 fully saturated rings. The van der Waals surface area contributed by atoms with Gasteiger partial charge in [-0.15, -0.1) is 0 Å². The van der Waals surface area contributed by atoms with Crippen LogP contribution in [0.15, 0.2) is 71.2 Å². The van der Waals surface area contributed by atoms with Crippen molar-refractivity contribution in [1.29, 1.82) is 5.26 Å². The third-order valence-corrected chi connectivity index (χ3v) is 5.66. The molecule has 3 rings (SSSR count). The van der Waals surface area contributed by atoms with Crippen molar-refractivity contribution < 1.29 is 28.2 Å². The Labute approximate surface area is 208 Å². The Hall–Kier alpha value is -4.36. The first-order valence-corrected chi connectivity index (χ1v) is 11.1. The first-order chi connectivity index (χ1) is 17.4. The summed E-state index contributed by atoms with van der Waals surface area (Å²) in [6.07, 6.45) is 0.615. The minimum atomic E-state index is -1.04. The average molecular weight is 495 g/mol. The maximum atomic E-state index is 15.4. The lowest BCUT2D eigenvalue weighted by atomic mass is 9.81. The molecule has 0 aliphatic carbocycles. The van der Waals surface area contributed by atoms with Crippen molar-refractivity contribution >= 4 is 23.3 Å². The fourth-order valence-corrected chi connectivity index (χ4v) is 4.07. The van der Waals surface area contributed by atoms with Crippen molar-refractivity contribution in [2.24, 2.45) is 5.73 Å². The van der Waals surface area contributed by atoms with E-state index >= 15 is 4.39 Å². The maximum Gasteiger partial charge on any atom is 0.355 e. The van der Waals surface area contributed by atoms with Crippen molar-refractivity contribution in [3.8, 4) is 6.07 Å². The second-order valence-electron chi connectivity index (χ2n) is 7.74. The molecule has 10 heteroatoms. The predicted octanol–water partition coefficient (Wildman–Crippen LogP) is 3.17. The summed E-state index contributed by atoms with van der Waals surface area (Å²) in [7, 11) is 3.85. The van der Waals surface area contributed by atoms with E-state index < -0.39 is 23.7 Å². The molecule has 0 saturated heterocycles. The zero-order valence-corrected chi connectivity index (χ0v) is 20.2. The molecule has 1 unspecified atom stereocenters. The molecule has 0 aromatic heterocycles. The van der Waals surface area contributed by atoms with Crippen LogP contribution in [0.3, 0.4) is 0 Å². The SMILES string of the molecule is COCCCNc1cccc(F)c1N1C(N)=C(C#N)C(c2ccccc2)C(C(=O)OC)=C1C(=O)OC. The highest BCUT2D eigenvalue weighted by atomic mass is 19.1. The van der Waals surface area contributed by atoms with Gasteiger partial charge in [0.2, 0.25) is 0 Å². The van der Waals surface area contributed by atoms with Crippen LogP contribution in [0.25, 0.3) is 0 Å². The van der Waals surface area contributed by atoms with E-state index in [0.717, 1.165) is 19.1 Å². The highest BCUT2D eigenvalue weighted by Gasteiger charge is 2.44. The van der Waals surface area contributed by atoms with Crippen molar-refractivity contribution in [2.75, 3.05) is 44.7 Å². The molecule has 1 aliphatic heterocycles. The van der Waals surface area contributed by atoms with Crippen LogP contribution in [0.5, 0.6) is 0 Å². The lowest BCUT2D eigenvalue weighted by Crippen LogP contribution is -2.41. The number of hydrogen-bond donors (Lipinski definition) is 2. The van der Waals surface area contributed by atoms with Gasteiger partial charge in [-0.05, 0) is 24.1 Å². The van der Waals surface area contributed by atoms with Crippen LogP contribution in [0, 0.1) is 17.1 Å². The summed E-state index contributed by atoms with van der Waals surface area (Å²) >= 11 is 0. The number of esters is 2. The van der Waals surface area contributed by atoms with Crippen molar-refractivity contribution in [3.63, 3.8) is 0 Å². The predicted molar refractivity (Wildman–Crippen MR) is 131 cm³/mol. The van der Waals surface area contributed by atoms with E-state index in [1.165, 1.54) is 12.1 Å². The van der Waals surface area contributed by atoms with Crippen LogP contribution in [0.4, 0.5) is 15.8 Å². The summed E-state index contributed by atoms with van der Waals surface area (Å²) < 4.78 is 30.5. The number of nitrogens with two attached hydrogens (primary N) is 1. The number of anilines is 2. The molecular weight excluding hydrogens is 467 g/mol. The second kappa shape index (κ2) is 11.9. The molecule has 2 aromatic carbocycles. The Morgan fingerprint density at radius 3 is 2.39 bits per heavy atom. The van der Waals surface area contributed by atoms with E-state index in [9.17, 15) is 14.9 Å². The van der Waals surface area contributed by atoms with Crippen LogP contribution < -0.4 is 16.0 Å². The maximum absolute atomic E-state index is 15.4. The number of carbonyl (C=O) groups excluding carboxylic acids is 2. The van der Waals surface area contributed by atoms with Gasteiger partial charge >= 0.3 is 11.9 Å². The smallest absolute Gasteiger partial charge is 0.355 e. The fourth-order valence-electron chi connectivity index (χ4n) is 4.07. The number of nitrogens with zero attached hydrogens (tertiary/aromatic N) is 2. The van der Waals surface area contributed by atoms with Crippen LogP contribution >= 0.6 is 0 Å². The number of methoxy groups -OCH3 is 3. The van der Waals surface area contributed by atoms with E-state index in [1.807, 2.05) is 6.07 Å². The standard InChI is InChI=1S/C26H27FN4O5/c1-34-14-8-13-30-19-12-7-11-18(27)22(19)31-23(26(33)36-3)21(25(32)35-2)20(17(15-28)24(31)29)16-9-5-4-6-10-16/h4-7,9-12,20,30H,8,13-14,29H2,1-3H3. The molecule has 0 spiro atoms. The minimum Gasteiger partial charge on any atom is -0.466 e. The first-order valence-electron chi connectivity index (χ1n) is 11.1. The third-order valence-electron chi connectivity index (χ3n) is 5.66. The molecule has 0 radical (unpaired) electrons. The molecule has 0 bridgehead atoms. The molecule has 1 aliphatic rings. The number of rotatable bonds is 9. The Morgan fingerprint density at radius 1 is 1.08 bits per heavy atom. The molecule has 188 valence electrons. The number of hydrogen-bond acceptors (Lipinski definition) is 9. The number of halogens is 1. The number of benzene rings is 2. The molecule has 9 nitrogen and oxygen atoms in total. The monoisotopic (exact) mass is 494 g/mol. The summed E-state index contributed by atoms with van der Waals surface area (Å²) in [5.74, 6) is -3.84. The number of para-hydroxylation sites is 1. The Morgan fingerprint density at radius 2 is 1.78 bits per heavy atom. The molecule has 36 heavy (non-hydrogen) atoms. The second-order valence-corrected chi connectivity index (χ2v) is 7.74. The van der Waals surface area contributed by atoms with Crippen molar-refractivity contribution in [1.82, 2.24) is 0 Å². The lowest BCUT2D eigenvalue weighted by molar-refractivity contribution is -0.139. The normalized spacial score (nSPS) is 15.4. The quantitative estimate of drug-likeness (QED) is 0.399. The number of ether oxygens (including phenoxy) is 3. The van der Waals surface area contributed by atoms with Gasteiger partial charge < -0.3 is 25.3 Å². The Bertz CT molecular complexity index is 1240. The zero-order chi connectivity index (χ0) is 26.2. The number of allylic oxidation sites excluding steroid dienone is 1. The van der Waals surface area contributed by atoms with Gasteiger partial charge in [0.15, 0.2) is 0 Å². The zero-order valence-electron chi connectivity index (χ0n) is 20.2. The van der Waals surface area contributed by atoms with Crippen LogP contribution in [-0.4, -0.2) is 46.4 Å². The van der Waals surface area contributed by atoms with Gasteiger partial charge in [-0.1, -0.05) is 36.4 Å². The lowest BCUT2D eigenvalue weighted by Gasteiger charge is -2.36. The minimum absolute atomic E-state index is 0.0529. The fraction of sp³-hybridized carbons (Fsp3) is 0.269. The van der Waals surface area contributed by atoms with Gasteiger partial charge in [-0.2, -0.15) is 5.26 Å². The van der Waals surface area contributed by atoms with Crippen LogP contribution in [0.1, 0.15) is 17.9 Å². The number of carbonyl (C=O) groups is 2.